The summed E-state index contributed by atoms with van der Waals surface area (Å²) in [5.74, 6) is 0.904. The minimum atomic E-state index is -3.80. The van der Waals surface area contributed by atoms with Crippen LogP contribution in [0, 0.1) is 11.3 Å². The third kappa shape index (κ3) is 3.99. The molecule has 9 nitrogen and oxygen atoms in total. The Bertz CT molecular complexity index is 1500. The maximum absolute atomic E-state index is 13.3. The van der Waals surface area contributed by atoms with Crippen LogP contribution in [0.15, 0.2) is 29.2 Å². The molecule has 1 aromatic heterocycles. The van der Waals surface area contributed by atoms with E-state index in [1.807, 2.05) is 17.9 Å². The summed E-state index contributed by atoms with van der Waals surface area (Å²) < 4.78 is 53.3. The lowest BCUT2D eigenvalue weighted by atomic mass is 9.97. The zero-order chi connectivity index (χ0) is 25.7. The molecule has 0 radical (unpaired) electrons. The lowest BCUT2D eigenvalue weighted by Crippen LogP contribution is -2.47. The van der Waals surface area contributed by atoms with Crippen molar-refractivity contribution in [3.8, 4) is 0 Å². The number of aromatic nitrogens is 1. The lowest BCUT2D eigenvalue weighted by Gasteiger charge is -2.39. The zero-order valence-corrected chi connectivity index (χ0v) is 22.4. The van der Waals surface area contributed by atoms with E-state index in [0.29, 0.717) is 48.9 Å². The summed E-state index contributed by atoms with van der Waals surface area (Å²) >= 11 is 0. The number of benzene rings is 1. The van der Waals surface area contributed by atoms with Gasteiger partial charge in [0.2, 0.25) is 15.9 Å². The standard InChI is InChI=1S/C25H32N4O5S2/c1-23(6-7-23)28-36(33,34)17-12-19-18(4-5-21(26-19)27-22(30)25-14-16(25)15-25)20(13-17)29-10-8-24(2,9-11-29)35(3,31)32/h4-5,12-13,16,28H,6-11,14-15H2,1-3H3,(H,26,27,30). The van der Waals surface area contributed by atoms with Gasteiger partial charge in [-0.05, 0) is 82.6 Å². The molecule has 2 N–H and O–H groups in total. The van der Waals surface area contributed by atoms with Gasteiger partial charge in [0.25, 0.3) is 0 Å². The summed E-state index contributed by atoms with van der Waals surface area (Å²) in [7, 11) is -7.02. The smallest absolute Gasteiger partial charge is 0.241 e. The summed E-state index contributed by atoms with van der Waals surface area (Å²) in [6.45, 7) is 4.63. The van der Waals surface area contributed by atoms with Crippen molar-refractivity contribution in [1.29, 1.82) is 0 Å². The first kappa shape index (κ1) is 24.1. The molecule has 4 fully saturated rings. The van der Waals surface area contributed by atoms with Crippen LogP contribution in [0.5, 0.6) is 0 Å². The Hall–Kier alpha value is -2.24. The minimum absolute atomic E-state index is 0.0113. The maximum atomic E-state index is 13.3. The number of sulfonamides is 1. The molecule has 2 heterocycles. The first-order valence-electron chi connectivity index (χ1n) is 12.5. The summed E-state index contributed by atoms with van der Waals surface area (Å²) in [6.07, 6.45) is 5.63. The number of hydrogen-bond acceptors (Lipinski definition) is 7. The molecule has 0 spiro atoms. The summed E-state index contributed by atoms with van der Waals surface area (Å²) in [5, 5.41) is 3.68. The van der Waals surface area contributed by atoms with E-state index >= 15 is 0 Å². The van der Waals surface area contributed by atoms with Crippen LogP contribution in [-0.2, 0) is 24.7 Å². The number of carbonyl (C=O) groups excluding carboxylic acids is 1. The van der Waals surface area contributed by atoms with Gasteiger partial charge in [-0.2, -0.15) is 0 Å². The van der Waals surface area contributed by atoms with Crippen molar-refractivity contribution in [3.05, 3.63) is 24.3 Å². The molecular weight excluding hydrogens is 500 g/mol. The first-order chi connectivity index (χ1) is 16.7. The van der Waals surface area contributed by atoms with Gasteiger partial charge >= 0.3 is 0 Å². The van der Waals surface area contributed by atoms with E-state index in [9.17, 15) is 21.6 Å². The Labute approximate surface area is 212 Å². The molecule has 6 rings (SSSR count). The fourth-order valence-electron chi connectivity index (χ4n) is 5.25. The van der Waals surface area contributed by atoms with Crippen LogP contribution in [0.4, 0.5) is 11.5 Å². The van der Waals surface area contributed by atoms with Crippen molar-refractivity contribution >= 4 is 48.2 Å². The second-order valence-corrected chi connectivity index (χ2v) is 16.0. The first-order valence-corrected chi connectivity index (χ1v) is 15.9. The predicted octanol–water partition coefficient (Wildman–Crippen LogP) is 2.82. The van der Waals surface area contributed by atoms with Gasteiger partial charge in [0.05, 0.1) is 20.6 Å². The highest BCUT2D eigenvalue weighted by molar-refractivity contribution is 7.92. The van der Waals surface area contributed by atoms with Crippen LogP contribution in [-0.4, -0.2) is 57.4 Å². The molecule has 11 heteroatoms. The van der Waals surface area contributed by atoms with Crippen LogP contribution in [0.3, 0.4) is 0 Å². The van der Waals surface area contributed by atoms with Gasteiger partial charge in [0.15, 0.2) is 9.84 Å². The fraction of sp³-hybridized carbons (Fsp3) is 0.600. The van der Waals surface area contributed by atoms with E-state index in [-0.39, 0.29) is 16.2 Å². The lowest BCUT2D eigenvalue weighted by molar-refractivity contribution is -0.119. The van der Waals surface area contributed by atoms with Gasteiger partial charge in [-0.1, -0.05) is 0 Å². The van der Waals surface area contributed by atoms with Gasteiger partial charge < -0.3 is 10.2 Å². The monoisotopic (exact) mass is 532 g/mol. The zero-order valence-electron chi connectivity index (χ0n) is 20.8. The molecule has 0 unspecified atom stereocenters. The number of anilines is 2. The SMILES string of the molecule is CC1(NS(=O)(=O)c2cc(N3CCC(C)(S(C)(=O)=O)CC3)c3ccc(NC(=O)C45CC4C5)nc3c2)CC1. The summed E-state index contributed by atoms with van der Waals surface area (Å²) in [5.41, 5.74) is 0.558. The van der Waals surface area contributed by atoms with Crippen LogP contribution in [0.1, 0.15) is 52.4 Å². The van der Waals surface area contributed by atoms with Gasteiger partial charge in [-0.15, -0.1) is 0 Å². The number of nitrogens with zero attached hydrogens (tertiary/aromatic N) is 2. The quantitative estimate of drug-likeness (QED) is 0.562. The molecular formula is C25H32N4O5S2. The van der Waals surface area contributed by atoms with E-state index in [2.05, 4.69) is 15.0 Å². The number of hydrogen-bond donors (Lipinski definition) is 2. The van der Waals surface area contributed by atoms with E-state index < -0.39 is 30.1 Å². The normalized spacial score (nSPS) is 27.9. The average Bonchev–Trinajstić information content (AvgIpc) is 3.70. The third-order valence-electron chi connectivity index (χ3n) is 8.88. The molecule has 0 atom stereocenters. The summed E-state index contributed by atoms with van der Waals surface area (Å²) in [4.78, 5) is 19.4. The van der Waals surface area contributed by atoms with E-state index in [1.165, 1.54) is 6.26 Å². The summed E-state index contributed by atoms with van der Waals surface area (Å²) in [6, 6.07) is 6.83. The number of rotatable bonds is 7. The van der Waals surface area contributed by atoms with Gasteiger partial charge in [0, 0.05) is 36.0 Å². The second-order valence-electron chi connectivity index (χ2n) is 11.8. The maximum Gasteiger partial charge on any atom is 0.241 e. The van der Waals surface area contributed by atoms with Crippen molar-refractivity contribution in [2.75, 3.05) is 29.6 Å². The van der Waals surface area contributed by atoms with E-state index in [1.54, 1.807) is 25.1 Å². The molecule has 1 aromatic carbocycles. The fourth-order valence-corrected chi connectivity index (χ4v) is 7.68. The van der Waals surface area contributed by atoms with Crippen molar-refractivity contribution < 1.29 is 21.6 Å². The Morgan fingerprint density at radius 1 is 1.03 bits per heavy atom. The number of sulfone groups is 1. The molecule has 1 amide bonds. The predicted molar refractivity (Wildman–Crippen MR) is 138 cm³/mol. The molecule has 1 saturated heterocycles. The highest BCUT2D eigenvalue weighted by Gasteiger charge is 2.74. The van der Waals surface area contributed by atoms with Crippen molar-refractivity contribution in [2.24, 2.45) is 11.3 Å². The molecule has 1 aliphatic heterocycles. The van der Waals surface area contributed by atoms with Crippen LogP contribution < -0.4 is 14.9 Å². The number of nitrogens with one attached hydrogen (secondary N) is 2. The second kappa shape index (κ2) is 7.41. The Balaban J connectivity index is 1.37. The van der Waals surface area contributed by atoms with Gasteiger partial charge in [-0.3, -0.25) is 4.79 Å². The van der Waals surface area contributed by atoms with Gasteiger partial charge in [0.1, 0.15) is 5.82 Å². The number of piperidine rings is 1. The minimum Gasteiger partial charge on any atom is -0.371 e. The van der Waals surface area contributed by atoms with Gasteiger partial charge in [-0.25, -0.2) is 26.5 Å². The van der Waals surface area contributed by atoms with E-state index in [0.717, 1.165) is 31.1 Å². The van der Waals surface area contributed by atoms with Crippen molar-refractivity contribution in [3.63, 3.8) is 0 Å². The largest absolute Gasteiger partial charge is 0.371 e. The van der Waals surface area contributed by atoms with E-state index in [4.69, 9.17) is 0 Å². The molecule has 36 heavy (non-hydrogen) atoms. The highest BCUT2D eigenvalue weighted by atomic mass is 32.2. The van der Waals surface area contributed by atoms with Crippen LogP contribution in [0.2, 0.25) is 0 Å². The molecule has 2 aromatic rings. The number of amides is 1. The molecule has 4 aliphatic rings. The average molecular weight is 533 g/mol. The number of carbonyl (C=O) groups is 1. The molecule has 3 aliphatic carbocycles. The molecule has 194 valence electrons. The van der Waals surface area contributed by atoms with Crippen LogP contribution in [0.25, 0.3) is 10.9 Å². The topological polar surface area (TPSA) is 126 Å². The molecule has 3 saturated carbocycles. The Morgan fingerprint density at radius 2 is 1.67 bits per heavy atom. The third-order valence-corrected chi connectivity index (χ3v) is 12.7. The molecule has 0 bridgehead atoms. The van der Waals surface area contributed by atoms with Crippen molar-refractivity contribution in [1.82, 2.24) is 9.71 Å². The Morgan fingerprint density at radius 3 is 2.22 bits per heavy atom. The number of fused-ring (bicyclic) bond motifs is 2. The highest BCUT2D eigenvalue weighted by Crippen LogP contribution is 2.75. The van der Waals surface area contributed by atoms with Crippen LogP contribution >= 0.6 is 0 Å². The Kier molecular flexibility index (Phi) is 4.97. The number of pyridine rings is 1. The van der Waals surface area contributed by atoms with Crippen molar-refractivity contribution in [2.45, 2.75) is 67.6 Å².